The molecule has 0 aliphatic heterocycles. The van der Waals surface area contributed by atoms with Crippen molar-refractivity contribution in [3.05, 3.63) is 144 Å². The predicted molar refractivity (Wildman–Crippen MR) is 218 cm³/mol. The molecule has 13 heteroatoms. The molecule has 0 aliphatic rings. The number of carbonyl (C=O) groups excluding carboxylic acids is 5. The van der Waals surface area contributed by atoms with Crippen LogP contribution in [-0.4, -0.2) is 63.5 Å². The molecule has 13 nitrogen and oxygen atoms in total. The van der Waals surface area contributed by atoms with Crippen molar-refractivity contribution in [3.8, 4) is 0 Å². The van der Waals surface area contributed by atoms with Crippen LogP contribution in [0.4, 0.5) is 4.79 Å². The van der Waals surface area contributed by atoms with Gasteiger partial charge in [0.05, 0.1) is 6.42 Å². The Morgan fingerprint density at radius 2 is 1.02 bits per heavy atom. The van der Waals surface area contributed by atoms with Crippen LogP contribution in [0.15, 0.2) is 122 Å². The van der Waals surface area contributed by atoms with Crippen molar-refractivity contribution < 1.29 is 38.2 Å². The average molecular weight is 786 g/mol. The van der Waals surface area contributed by atoms with Gasteiger partial charge in [-0.25, -0.2) is 9.59 Å². The zero-order valence-electron chi connectivity index (χ0n) is 32.6. The quantitative estimate of drug-likeness (QED) is 0.0571. The molecule has 3 amide bonds. The van der Waals surface area contributed by atoms with Crippen molar-refractivity contribution in [1.82, 2.24) is 25.9 Å². The van der Waals surface area contributed by atoms with Gasteiger partial charge in [-0.3, -0.25) is 14.4 Å². The second kappa shape index (κ2) is 18.8. The lowest BCUT2D eigenvalue weighted by Crippen LogP contribution is -2.57. The normalized spacial score (nSPS) is 12.9. The van der Waals surface area contributed by atoms with Crippen molar-refractivity contribution in [2.24, 2.45) is 0 Å². The van der Waals surface area contributed by atoms with Crippen molar-refractivity contribution in [1.29, 1.82) is 0 Å². The molecular formula is C45H47N5O8. The number of aromatic amines is 2. The average Bonchev–Trinajstić information content (AvgIpc) is 3.82. The third kappa shape index (κ3) is 11.3. The van der Waals surface area contributed by atoms with Crippen molar-refractivity contribution in [2.45, 2.75) is 77.0 Å². The maximum Gasteiger partial charge on any atom is 0.408 e. The molecule has 2 aromatic heterocycles. The van der Waals surface area contributed by atoms with E-state index >= 15 is 0 Å². The molecule has 6 rings (SSSR count). The lowest BCUT2D eigenvalue weighted by Gasteiger charge is -2.26. The van der Waals surface area contributed by atoms with Crippen molar-refractivity contribution in [2.75, 3.05) is 0 Å². The number of fused-ring (bicyclic) bond motifs is 2. The first-order valence-electron chi connectivity index (χ1n) is 19.0. The number of rotatable bonds is 16. The molecule has 0 unspecified atom stereocenters. The SMILES string of the molecule is CC(C)(C)OC(=O)N[C@@H](Cc1c[nH]c2ccccc12)C(=O)N[C@@H](Cc1c[nH]c2ccccc12)C(=O)N[C@@H](CC(=O)OCc1ccccc1)C(=O)OCc1ccccc1. The molecule has 0 saturated heterocycles. The Labute approximate surface area is 335 Å². The van der Waals surface area contributed by atoms with E-state index in [0.29, 0.717) is 11.1 Å². The number of para-hydroxylation sites is 2. The summed E-state index contributed by atoms with van der Waals surface area (Å²) in [5.74, 6) is -3.06. The van der Waals surface area contributed by atoms with Crippen LogP contribution in [-0.2, 0) is 59.4 Å². The maximum absolute atomic E-state index is 14.4. The molecule has 6 aromatic rings. The van der Waals surface area contributed by atoms with E-state index < -0.39 is 60.0 Å². The lowest BCUT2D eigenvalue weighted by molar-refractivity contribution is -0.155. The molecule has 3 atom stereocenters. The largest absolute Gasteiger partial charge is 0.461 e. The van der Waals surface area contributed by atoms with E-state index in [-0.39, 0.29) is 26.1 Å². The van der Waals surface area contributed by atoms with Crippen LogP contribution in [0.2, 0.25) is 0 Å². The number of nitrogens with one attached hydrogen (secondary N) is 5. The number of ether oxygens (including phenoxy) is 3. The fourth-order valence-electron chi connectivity index (χ4n) is 6.44. The monoisotopic (exact) mass is 785 g/mol. The first-order chi connectivity index (χ1) is 27.9. The highest BCUT2D eigenvalue weighted by atomic mass is 16.6. The van der Waals surface area contributed by atoms with Gasteiger partial charge >= 0.3 is 18.0 Å². The zero-order valence-corrected chi connectivity index (χ0v) is 32.6. The predicted octanol–water partition coefficient (Wildman–Crippen LogP) is 6.17. The molecule has 0 radical (unpaired) electrons. The van der Waals surface area contributed by atoms with Crippen LogP contribution in [0.25, 0.3) is 21.8 Å². The molecule has 0 saturated carbocycles. The van der Waals surface area contributed by atoms with Crippen LogP contribution >= 0.6 is 0 Å². The van der Waals surface area contributed by atoms with E-state index in [1.807, 2.05) is 72.8 Å². The molecule has 0 spiro atoms. The number of H-pyrrole nitrogens is 2. The minimum absolute atomic E-state index is 0.0158. The Bertz CT molecular complexity index is 2350. The Hall–Kier alpha value is -6.89. The zero-order chi connectivity index (χ0) is 41.1. The highest BCUT2D eigenvalue weighted by Gasteiger charge is 2.33. The Morgan fingerprint density at radius 1 is 0.569 bits per heavy atom. The maximum atomic E-state index is 14.4. The first-order valence-corrected chi connectivity index (χ1v) is 19.0. The molecule has 0 aliphatic carbocycles. The fourth-order valence-corrected chi connectivity index (χ4v) is 6.44. The summed E-state index contributed by atoms with van der Waals surface area (Å²) in [7, 11) is 0. The number of esters is 2. The van der Waals surface area contributed by atoms with Crippen molar-refractivity contribution in [3.63, 3.8) is 0 Å². The van der Waals surface area contributed by atoms with Crippen LogP contribution in [0.1, 0.15) is 49.4 Å². The summed E-state index contributed by atoms with van der Waals surface area (Å²) in [5, 5.41) is 9.88. The summed E-state index contributed by atoms with van der Waals surface area (Å²) >= 11 is 0. The molecule has 4 aromatic carbocycles. The summed E-state index contributed by atoms with van der Waals surface area (Å²) in [5.41, 5.74) is 3.71. The summed E-state index contributed by atoms with van der Waals surface area (Å²) in [6.45, 7) is 4.98. The lowest BCUT2D eigenvalue weighted by atomic mass is 10.0. The van der Waals surface area contributed by atoms with Gasteiger partial charge in [-0.15, -0.1) is 0 Å². The van der Waals surface area contributed by atoms with E-state index in [1.54, 1.807) is 69.6 Å². The highest BCUT2D eigenvalue weighted by Crippen LogP contribution is 2.22. The van der Waals surface area contributed by atoms with Gasteiger partial charge in [-0.2, -0.15) is 0 Å². The van der Waals surface area contributed by atoms with Gasteiger partial charge in [0.15, 0.2) is 0 Å². The Kier molecular flexibility index (Phi) is 13.2. The number of aromatic nitrogens is 2. The molecule has 0 bridgehead atoms. The van der Waals surface area contributed by atoms with E-state index in [4.69, 9.17) is 14.2 Å². The number of benzene rings is 4. The number of amides is 3. The third-order valence-electron chi connectivity index (χ3n) is 9.28. The van der Waals surface area contributed by atoms with E-state index in [2.05, 4.69) is 25.9 Å². The van der Waals surface area contributed by atoms with Crippen LogP contribution in [0.3, 0.4) is 0 Å². The number of hydrogen-bond acceptors (Lipinski definition) is 8. The fraction of sp³-hybridized carbons (Fsp3) is 0.267. The summed E-state index contributed by atoms with van der Waals surface area (Å²) < 4.78 is 16.6. The van der Waals surface area contributed by atoms with E-state index in [9.17, 15) is 24.0 Å². The van der Waals surface area contributed by atoms with Crippen molar-refractivity contribution >= 4 is 51.7 Å². The van der Waals surface area contributed by atoms with E-state index in [1.165, 1.54) is 0 Å². The van der Waals surface area contributed by atoms with Crippen LogP contribution < -0.4 is 16.0 Å². The minimum atomic E-state index is -1.47. The summed E-state index contributed by atoms with van der Waals surface area (Å²) in [6, 6.07) is 29.1. The highest BCUT2D eigenvalue weighted by molar-refractivity contribution is 5.95. The van der Waals surface area contributed by atoms with Gasteiger partial charge in [0.2, 0.25) is 11.8 Å². The number of alkyl carbamates (subject to hydrolysis) is 1. The molecule has 5 N–H and O–H groups in total. The van der Waals surface area contributed by atoms with Gasteiger partial charge in [0, 0.05) is 47.0 Å². The van der Waals surface area contributed by atoms with Gasteiger partial charge in [-0.1, -0.05) is 97.1 Å². The van der Waals surface area contributed by atoms with Gasteiger partial charge in [0.1, 0.15) is 36.9 Å². The minimum Gasteiger partial charge on any atom is -0.461 e. The standard InChI is InChI=1S/C45H47N5O8/c1-45(2,3)58-44(55)50-38(23-32-26-47-36-21-13-11-19-34(32)36)42(53)48-37(22-31-25-46-35-20-12-10-18-33(31)35)41(52)49-39(43(54)57-28-30-16-8-5-9-17-30)24-40(51)56-27-29-14-6-4-7-15-29/h4-21,25-26,37-39,46-47H,22-24,27-28H2,1-3H3,(H,48,53)(H,49,52)(H,50,55)/t37-,38-,39-/m0/s1. The molecule has 2 heterocycles. The Morgan fingerprint density at radius 3 is 1.53 bits per heavy atom. The van der Waals surface area contributed by atoms with Crippen LogP contribution in [0, 0.1) is 0 Å². The second-order valence-electron chi connectivity index (χ2n) is 14.9. The molecular weight excluding hydrogens is 739 g/mol. The summed E-state index contributed by atoms with van der Waals surface area (Å²) in [6.07, 6.45) is 2.19. The van der Waals surface area contributed by atoms with Gasteiger partial charge in [-0.05, 0) is 55.2 Å². The topological polar surface area (TPSA) is 181 Å². The van der Waals surface area contributed by atoms with Gasteiger partial charge in [0.25, 0.3) is 0 Å². The summed E-state index contributed by atoms with van der Waals surface area (Å²) in [4.78, 5) is 75.0. The third-order valence-corrected chi connectivity index (χ3v) is 9.28. The van der Waals surface area contributed by atoms with E-state index in [0.717, 1.165) is 32.9 Å². The molecule has 0 fully saturated rings. The number of carbonyl (C=O) groups is 5. The molecule has 58 heavy (non-hydrogen) atoms. The van der Waals surface area contributed by atoms with Crippen LogP contribution in [0.5, 0.6) is 0 Å². The number of hydrogen-bond donors (Lipinski definition) is 5. The Balaban J connectivity index is 1.27. The second-order valence-corrected chi connectivity index (χ2v) is 14.9. The molecule has 300 valence electrons. The smallest absolute Gasteiger partial charge is 0.408 e. The first kappa shape index (κ1) is 40.8. The van der Waals surface area contributed by atoms with Gasteiger partial charge < -0.3 is 40.1 Å².